The van der Waals surface area contributed by atoms with Crippen molar-refractivity contribution in [2.45, 2.75) is 13.0 Å². The Kier molecular flexibility index (Phi) is 5.46. The molecule has 2 rings (SSSR count). The Morgan fingerprint density at radius 1 is 1.05 bits per heavy atom. The summed E-state index contributed by atoms with van der Waals surface area (Å²) in [6, 6.07) is 13.8. The summed E-state index contributed by atoms with van der Waals surface area (Å²) in [5.74, 6) is -0.539. The van der Waals surface area contributed by atoms with E-state index in [9.17, 15) is 9.18 Å². The van der Waals surface area contributed by atoms with Crippen LogP contribution in [-0.2, 0) is 17.7 Å². The van der Waals surface area contributed by atoms with Gasteiger partial charge in [0.2, 0.25) is 0 Å². The van der Waals surface area contributed by atoms with Gasteiger partial charge in [0.15, 0.2) is 0 Å². The molecular weight excluding hydrogens is 269 g/mol. The molecule has 0 aliphatic rings. The standard InChI is InChI=1S/C17H18FNO2/c1-21-17(20)15-6-2-14(3-7-15)12-19-11-10-13-4-8-16(18)9-5-13/h2-9,19H,10-12H2,1H3. The van der Waals surface area contributed by atoms with Gasteiger partial charge in [-0.2, -0.15) is 0 Å². The van der Waals surface area contributed by atoms with Gasteiger partial charge in [0.1, 0.15) is 5.82 Å². The third-order valence-corrected chi connectivity index (χ3v) is 3.21. The highest BCUT2D eigenvalue weighted by Crippen LogP contribution is 2.06. The van der Waals surface area contributed by atoms with E-state index in [-0.39, 0.29) is 11.8 Å². The van der Waals surface area contributed by atoms with Crippen molar-refractivity contribution in [3.8, 4) is 0 Å². The van der Waals surface area contributed by atoms with Crippen LogP contribution in [0.2, 0.25) is 0 Å². The summed E-state index contributed by atoms with van der Waals surface area (Å²) in [5, 5.41) is 3.32. The van der Waals surface area contributed by atoms with Gasteiger partial charge in [0.05, 0.1) is 12.7 Å². The predicted molar refractivity (Wildman–Crippen MR) is 79.6 cm³/mol. The van der Waals surface area contributed by atoms with Crippen LogP contribution in [0.25, 0.3) is 0 Å². The van der Waals surface area contributed by atoms with Gasteiger partial charge in [-0.3, -0.25) is 0 Å². The van der Waals surface area contributed by atoms with Gasteiger partial charge >= 0.3 is 5.97 Å². The zero-order valence-corrected chi connectivity index (χ0v) is 11.9. The highest BCUT2D eigenvalue weighted by Gasteiger charge is 2.03. The van der Waals surface area contributed by atoms with E-state index < -0.39 is 0 Å². The van der Waals surface area contributed by atoms with Crippen LogP contribution in [0.3, 0.4) is 0 Å². The summed E-state index contributed by atoms with van der Waals surface area (Å²) in [6.07, 6.45) is 0.848. The molecule has 2 aromatic carbocycles. The molecule has 0 saturated carbocycles. The van der Waals surface area contributed by atoms with Crippen molar-refractivity contribution in [3.05, 3.63) is 71.0 Å². The first-order chi connectivity index (χ1) is 10.2. The zero-order chi connectivity index (χ0) is 15.1. The lowest BCUT2D eigenvalue weighted by Gasteiger charge is -2.06. The van der Waals surface area contributed by atoms with E-state index in [0.717, 1.165) is 30.6 Å². The molecule has 0 aliphatic heterocycles. The molecule has 3 nitrogen and oxygen atoms in total. The molecule has 0 fully saturated rings. The first kappa shape index (κ1) is 15.2. The smallest absolute Gasteiger partial charge is 0.337 e. The lowest BCUT2D eigenvalue weighted by Crippen LogP contribution is -2.16. The lowest BCUT2D eigenvalue weighted by molar-refractivity contribution is 0.0600. The third-order valence-electron chi connectivity index (χ3n) is 3.21. The second-order valence-corrected chi connectivity index (χ2v) is 4.74. The van der Waals surface area contributed by atoms with Gasteiger partial charge < -0.3 is 10.1 Å². The first-order valence-corrected chi connectivity index (χ1v) is 6.81. The molecule has 2 aromatic rings. The van der Waals surface area contributed by atoms with Crippen molar-refractivity contribution in [2.75, 3.05) is 13.7 Å². The number of nitrogens with one attached hydrogen (secondary N) is 1. The van der Waals surface area contributed by atoms with Crippen LogP contribution in [0.5, 0.6) is 0 Å². The molecule has 0 spiro atoms. The van der Waals surface area contributed by atoms with Crippen LogP contribution in [-0.4, -0.2) is 19.6 Å². The maximum absolute atomic E-state index is 12.8. The maximum atomic E-state index is 12.8. The van der Waals surface area contributed by atoms with Gasteiger partial charge in [0, 0.05) is 6.54 Å². The van der Waals surface area contributed by atoms with Gasteiger partial charge in [-0.15, -0.1) is 0 Å². The summed E-state index contributed by atoms with van der Waals surface area (Å²) >= 11 is 0. The SMILES string of the molecule is COC(=O)c1ccc(CNCCc2ccc(F)cc2)cc1. The Hall–Kier alpha value is -2.20. The van der Waals surface area contributed by atoms with E-state index >= 15 is 0 Å². The molecule has 0 heterocycles. The fourth-order valence-electron chi connectivity index (χ4n) is 1.99. The molecule has 110 valence electrons. The summed E-state index contributed by atoms with van der Waals surface area (Å²) in [6.45, 7) is 1.53. The van der Waals surface area contributed by atoms with Crippen LogP contribution in [0.15, 0.2) is 48.5 Å². The number of hydrogen-bond donors (Lipinski definition) is 1. The largest absolute Gasteiger partial charge is 0.465 e. The lowest BCUT2D eigenvalue weighted by atomic mass is 10.1. The minimum Gasteiger partial charge on any atom is -0.465 e. The van der Waals surface area contributed by atoms with E-state index in [1.807, 2.05) is 12.1 Å². The number of esters is 1. The Morgan fingerprint density at radius 2 is 1.67 bits per heavy atom. The van der Waals surface area contributed by atoms with Gasteiger partial charge in [-0.25, -0.2) is 9.18 Å². The number of hydrogen-bond acceptors (Lipinski definition) is 3. The quantitative estimate of drug-likeness (QED) is 0.656. The van der Waals surface area contributed by atoms with Crippen LogP contribution < -0.4 is 5.32 Å². The molecule has 0 bridgehead atoms. The van der Waals surface area contributed by atoms with E-state index in [1.54, 1.807) is 24.3 Å². The normalized spacial score (nSPS) is 10.4. The van der Waals surface area contributed by atoms with Crippen molar-refractivity contribution in [1.82, 2.24) is 5.32 Å². The number of ether oxygens (including phenoxy) is 1. The van der Waals surface area contributed by atoms with E-state index in [2.05, 4.69) is 10.1 Å². The first-order valence-electron chi connectivity index (χ1n) is 6.81. The summed E-state index contributed by atoms with van der Waals surface area (Å²) in [5.41, 5.74) is 2.75. The fraction of sp³-hybridized carbons (Fsp3) is 0.235. The van der Waals surface area contributed by atoms with Gasteiger partial charge in [-0.05, 0) is 48.4 Å². The van der Waals surface area contributed by atoms with E-state index in [0.29, 0.717) is 5.56 Å². The summed E-state index contributed by atoms with van der Waals surface area (Å²) < 4.78 is 17.4. The minimum atomic E-state index is -0.328. The van der Waals surface area contributed by atoms with Crippen LogP contribution in [0, 0.1) is 5.82 Å². The molecule has 0 atom stereocenters. The minimum absolute atomic E-state index is 0.211. The Labute approximate surface area is 123 Å². The topological polar surface area (TPSA) is 38.3 Å². The Morgan fingerprint density at radius 3 is 2.29 bits per heavy atom. The monoisotopic (exact) mass is 287 g/mol. The number of carbonyl (C=O) groups excluding carboxylic acids is 1. The van der Waals surface area contributed by atoms with E-state index in [4.69, 9.17) is 0 Å². The second kappa shape index (κ2) is 7.55. The van der Waals surface area contributed by atoms with Crippen molar-refractivity contribution < 1.29 is 13.9 Å². The Balaban J connectivity index is 1.75. The summed E-state index contributed by atoms with van der Waals surface area (Å²) in [4.78, 5) is 11.3. The molecule has 0 unspecified atom stereocenters. The highest BCUT2D eigenvalue weighted by atomic mass is 19.1. The number of carbonyl (C=O) groups is 1. The van der Waals surface area contributed by atoms with Crippen molar-refractivity contribution in [1.29, 1.82) is 0 Å². The highest BCUT2D eigenvalue weighted by molar-refractivity contribution is 5.89. The van der Waals surface area contributed by atoms with Crippen LogP contribution in [0.1, 0.15) is 21.5 Å². The summed E-state index contributed by atoms with van der Waals surface area (Å²) in [7, 11) is 1.37. The van der Waals surface area contributed by atoms with E-state index in [1.165, 1.54) is 19.2 Å². The molecule has 0 saturated heterocycles. The average Bonchev–Trinajstić information content (AvgIpc) is 2.53. The molecule has 0 aliphatic carbocycles. The number of rotatable bonds is 6. The van der Waals surface area contributed by atoms with Crippen molar-refractivity contribution >= 4 is 5.97 Å². The molecule has 4 heteroatoms. The number of benzene rings is 2. The predicted octanol–water partition coefficient (Wildman–Crippen LogP) is 2.94. The van der Waals surface area contributed by atoms with Gasteiger partial charge in [0.25, 0.3) is 0 Å². The molecule has 1 N–H and O–H groups in total. The van der Waals surface area contributed by atoms with Crippen LogP contribution in [0.4, 0.5) is 4.39 Å². The molecule has 0 aromatic heterocycles. The average molecular weight is 287 g/mol. The molecule has 0 radical (unpaired) electrons. The number of methoxy groups -OCH3 is 1. The third kappa shape index (κ3) is 4.68. The van der Waals surface area contributed by atoms with Crippen molar-refractivity contribution in [3.63, 3.8) is 0 Å². The molecular formula is C17H18FNO2. The zero-order valence-electron chi connectivity index (χ0n) is 11.9. The second-order valence-electron chi connectivity index (χ2n) is 4.74. The Bertz CT molecular complexity index is 579. The van der Waals surface area contributed by atoms with Crippen molar-refractivity contribution in [2.24, 2.45) is 0 Å². The van der Waals surface area contributed by atoms with Crippen LogP contribution >= 0.6 is 0 Å². The fourth-order valence-corrected chi connectivity index (χ4v) is 1.99. The maximum Gasteiger partial charge on any atom is 0.337 e. The van der Waals surface area contributed by atoms with Gasteiger partial charge in [-0.1, -0.05) is 24.3 Å². The number of halogens is 1. The molecule has 21 heavy (non-hydrogen) atoms. The molecule has 0 amide bonds.